The largest absolute Gasteiger partial charge is 0.454 e. The maximum atomic E-state index is 12.2. The van der Waals surface area contributed by atoms with E-state index in [9.17, 15) is 9.59 Å². The van der Waals surface area contributed by atoms with Crippen LogP contribution in [0.3, 0.4) is 0 Å². The Balaban J connectivity index is 1.51. The summed E-state index contributed by atoms with van der Waals surface area (Å²) in [5.41, 5.74) is 1.49. The molecule has 1 aliphatic heterocycles. The van der Waals surface area contributed by atoms with Crippen LogP contribution in [0.4, 0.5) is 0 Å². The number of carbonyl (C=O) groups excluding carboxylic acids is 2. The average molecular weight is 326 g/mol. The van der Waals surface area contributed by atoms with Gasteiger partial charge in [0.25, 0.3) is 0 Å². The van der Waals surface area contributed by atoms with Crippen LogP contribution in [-0.4, -0.2) is 24.6 Å². The topological polar surface area (TPSA) is 61.8 Å². The molecule has 2 aromatic rings. The number of esters is 1. The van der Waals surface area contributed by atoms with Crippen molar-refractivity contribution < 1.29 is 23.8 Å². The van der Waals surface area contributed by atoms with Gasteiger partial charge < -0.3 is 14.2 Å². The number of carbonyl (C=O) groups is 2. The summed E-state index contributed by atoms with van der Waals surface area (Å²) in [6.45, 7) is 1.81. The third kappa shape index (κ3) is 3.74. The minimum absolute atomic E-state index is 0.200. The van der Waals surface area contributed by atoms with Gasteiger partial charge in [-0.1, -0.05) is 36.4 Å². The zero-order valence-corrected chi connectivity index (χ0v) is 13.4. The van der Waals surface area contributed by atoms with Gasteiger partial charge in [-0.15, -0.1) is 0 Å². The molecule has 0 bridgehead atoms. The van der Waals surface area contributed by atoms with E-state index in [1.807, 2.05) is 24.3 Å². The van der Waals surface area contributed by atoms with Crippen molar-refractivity contribution >= 4 is 11.8 Å². The highest BCUT2D eigenvalue weighted by Gasteiger charge is 2.19. The number of benzene rings is 2. The minimum Gasteiger partial charge on any atom is -0.454 e. The van der Waals surface area contributed by atoms with Crippen molar-refractivity contribution in [2.75, 3.05) is 6.79 Å². The Morgan fingerprint density at radius 2 is 1.83 bits per heavy atom. The molecule has 5 heteroatoms. The molecule has 1 atom stereocenters. The monoisotopic (exact) mass is 326 g/mol. The highest BCUT2D eigenvalue weighted by molar-refractivity contribution is 6.00. The second-order valence-electron chi connectivity index (χ2n) is 5.55. The molecule has 1 unspecified atom stereocenters. The molecule has 0 saturated carbocycles. The van der Waals surface area contributed by atoms with E-state index >= 15 is 0 Å². The molecular weight excluding hydrogens is 308 g/mol. The number of hydrogen-bond donors (Lipinski definition) is 0. The summed E-state index contributed by atoms with van der Waals surface area (Å²) in [4.78, 5) is 24.1. The number of fused-ring (bicyclic) bond motifs is 1. The van der Waals surface area contributed by atoms with Crippen molar-refractivity contribution in [3.05, 3.63) is 59.7 Å². The van der Waals surface area contributed by atoms with Gasteiger partial charge in [-0.3, -0.25) is 9.59 Å². The number of hydrogen-bond acceptors (Lipinski definition) is 5. The lowest BCUT2D eigenvalue weighted by molar-refractivity contribution is -0.146. The fourth-order valence-electron chi connectivity index (χ4n) is 2.49. The lowest BCUT2D eigenvalue weighted by Crippen LogP contribution is -2.24. The third-order valence-electron chi connectivity index (χ3n) is 3.79. The molecule has 0 aromatic heterocycles. The second kappa shape index (κ2) is 7.17. The van der Waals surface area contributed by atoms with E-state index in [4.69, 9.17) is 14.2 Å². The standard InChI is InChI=1S/C19H18O5/c1-13(19(21)15-5-3-2-4-6-15)24-18(20)10-8-14-7-9-16-17(11-14)23-12-22-16/h2-7,9,11,13H,8,10,12H2,1H3. The minimum atomic E-state index is -0.795. The van der Waals surface area contributed by atoms with Crippen LogP contribution in [0.1, 0.15) is 29.3 Å². The second-order valence-corrected chi connectivity index (χ2v) is 5.55. The highest BCUT2D eigenvalue weighted by atomic mass is 16.7. The molecule has 0 radical (unpaired) electrons. The van der Waals surface area contributed by atoms with Crippen molar-refractivity contribution in [2.45, 2.75) is 25.9 Å². The molecule has 124 valence electrons. The van der Waals surface area contributed by atoms with Crippen LogP contribution in [0.25, 0.3) is 0 Å². The molecule has 2 aromatic carbocycles. The third-order valence-corrected chi connectivity index (χ3v) is 3.79. The van der Waals surface area contributed by atoms with E-state index in [1.165, 1.54) is 0 Å². The first-order chi connectivity index (χ1) is 11.6. The van der Waals surface area contributed by atoms with Gasteiger partial charge in [-0.25, -0.2) is 0 Å². The van der Waals surface area contributed by atoms with Crippen molar-refractivity contribution in [3.63, 3.8) is 0 Å². The van der Waals surface area contributed by atoms with E-state index in [1.54, 1.807) is 31.2 Å². The molecule has 0 fully saturated rings. The van der Waals surface area contributed by atoms with Crippen molar-refractivity contribution in [1.82, 2.24) is 0 Å². The normalized spacial score (nSPS) is 13.4. The zero-order chi connectivity index (χ0) is 16.9. The Bertz CT molecular complexity index is 739. The number of Topliss-reactive ketones (excluding diaryl/α,β-unsaturated/α-hetero) is 1. The molecule has 24 heavy (non-hydrogen) atoms. The zero-order valence-electron chi connectivity index (χ0n) is 13.4. The van der Waals surface area contributed by atoms with E-state index in [-0.39, 0.29) is 19.0 Å². The quantitative estimate of drug-likeness (QED) is 0.603. The van der Waals surface area contributed by atoms with Gasteiger partial charge in [-0.05, 0) is 31.0 Å². The van der Waals surface area contributed by atoms with Gasteiger partial charge in [0.1, 0.15) is 0 Å². The Morgan fingerprint density at radius 1 is 1.08 bits per heavy atom. The van der Waals surface area contributed by atoms with E-state index in [0.29, 0.717) is 23.5 Å². The highest BCUT2D eigenvalue weighted by Crippen LogP contribution is 2.32. The van der Waals surface area contributed by atoms with Gasteiger partial charge >= 0.3 is 5.97 Å². The molecule has 0 aliphatic carbocycles. The van der Waals surface area contributed by atoms with Crippen molar-refractivity contribution in [1.29, 1.82) is 0 Å². The van der Waals surface area contributed by atoms with Crippen LogP contribution in [0.15, 0.2) is 48.5 Å². The lowest BCUT2D eigenvalue weighted by Gasteiger charge is -2.12. The van der Waals surface area contributed by atoms with Crippen LogP contribution in [0.2, 0.25) is 0 Å². The predicted octanol–water partition coefficient (Wildman–Crippen LogP) is 3.16. The van der Waals surface area contributed by atoms with Gasteiger partial charge in [-0.2, -0.15) is 0 Å². The van der Waals surface area contributed by atoms with Gasteiger partial charge in [0.15, 0.2) is 17.6 Å². The summed E-state index contributed by atoms with van der Waals surface area (Å²) < 4.78 is 15.8. The first-order valence-electron chi connectivity index (χ1n) is 7.81. The summed E-state index contributed by atoms with van der Waals surface area (Å²) in [7, 11) is 0. The Labute approximate surface area is 140 Å². The predicted molar refractivity (Wildman–Crippen MR) is 87.2 cm³/mol. The average Bonchev–Trinajstić information content (AvgIpc) is 3.07. The van der Waals surface area contributed by atoms with Gasteiger partial charge in [0.05, 0.1) is 0 Å². The first kappa shape index (κ1) is 16.1. The summed E-state index contributed by atoms with van der Waals surface area (Å²) in [6.07, 6.45) is -0.0787. The Morgan fingerprint density at radius 3 is 2.62 bits per heavy atom. The number of ketones is 1. The van der Waals surface area contributed by atoms with Crippen LogP contribution in [-0.2, 0) is 16.0 Å². The van der Waals surface area contributed by atoms with E-state index < -0.39 is 12.1 Å². The molecule has 1 aliphatic rings. The maximum Gasteiger partial charge on any atom is 0.306 e. The van der Waals surface area contributed by atoms with Crippen molar-refractivity contribution in [2.24, 2.45) is 0 Å². The summed E-state index contributed by atoms with van der Waals surface area (Å²) in [5, 5.41) is 0. The van der Waals surface area contributed by atoms with Crippen LogP contribution in [0.5, 0.6) is 11.5 Å². The van der Waals surface area contributed by atoms with Crippen LogP contribution < -0.4 is 9.47 Å². The van der Waals surface area contributed by atoms with Crippen LogP contribution >= 0.6 is 0 Å². The van der Waals surface area contributed by atoms with Crippen LogP contribution in [0, 0.1) is 0 Å². The molecule has 3 rings (SSSR count). The first-order valence-corrected chi connectivity index (χ1v) is 7.81. The van der Waals surface area contributed by atoms with Gasteiger partial charge in [0.2, 0.25) is 12.6 Å². The fraction of sp³-hybridized carbons (Fsp3) is 0.263. The summed E-state index contributed by atoms with van der Waals surface area (Å²) in [6, 6.07) is 14.4. The molecule has 0 spiro atoms. The maximum absolute atomic E-state index is 12.2. The number of aryl methyl sites for hydroxylation is 1. The number of ether oxygens (including phenoxy) is 3. The Hall–Kier alpha value is -2.82. The molecule has 0 N–H and O–H groups in total. The Kier molecular flexibility index (Phi) is 4.79. The van der Waals surface area contributed by atoms with E-state index in [0.717, 1.165) is 5.56 Å². The SMILES string of the molecule is CC(OC(=O)CCc1ccc2c(c1)OCO2)C(=O)c1ccccc1. The summed E-state index contributed by atoms with van der Waals surface area (Å²) in [5.74, 6) is 0.799. The fourth-order valence-corrected chi connectivity index (χ4v) is 2.49. The molecule has 0 amide bonds. The molecular formula is C19H18O5. The van der Waals surface area contributed by atoms with Crippen molar-refractivity contribution in [3.8, 4) is 11.5 Å². The molecule has 0 saturated heterocycles. The smallest absolute Gasteiger partial charge is 0.306 e. The van der Waals surface area contributed by atoms with E-state index in [2.05, 4.69) is 0 Å². The molecule has 1 heterocycles. The summed E-state index contributed by atoms with van der Waals surface area (Å²) >= 11 is 0. The van der Waals surface area contributed by atoms with Gasteiger partial charge in [0, 0.05) is 12.0 Å². The molecule has 5 nitrogen and oxygen atoms in total. The number of rotatable bonds is 6. The lowest BCUT2D eigenvalue weighted by atomic mass is 10.1.